The Morgan fingerprint density at radius 2 is 0.719 bits per heavy atom. The van der Waals surface area contributed by atoms with Gasteiger partial charge in [0.25, 0.3) is 0 Å². The molecule has 4 aliphatic rings. The number of alkyl carbamates (subject to hydrolysis) is 1. The van der Waals surface area contributed by atoms with Gasteiger partial charge in [-0.25, -0.2) is 45.7 Å². The SMILES string of the molecule is CC(N)C(=O)O.CC[C@@H](/C=N/NC(=O)NCC1CCC(C(=O)NC)CC1)CC(=O)C(C)N.CC[C@@H](/C=N/NC(=O)NCC1CCC(C(=O)NC)CC1)CC(=O)C(C)[NH-].CC[C@@H](/C=N/NC(=O)NCC1CCC(C(=O)O)CC1)NC(=O)OC(C)(C)C.CC[C@@H](C=O)CC(=O)C(C)[NH-].CC[C@H](N)/C=N/NC(=O)NCC1CCC(C(=O)NC)CC1.CN.[3H-].[3H-].[K+].[K+]. The van der Waals surface area contributed by atoms with Crippen LogP contribution in [0.4, 0.5) is 24.0 Å². The second kappa shape index (κ2) is 74.4. The number of rotatable bonds is 37. The first-order chi connectivity index (χ1) is 56.2. The number of hydrogen-bond acceptors (Lipinski definition) is 23. The zero-order chi connectivity index (χ0) is 91.2. The molecule has 0 aromatic carbocycles. The Hall–Kier alpha value is -5.91. The van der Waals surface area contributed by atoms with Crippen molar-refractivity contribution >= 4 is 108 Å². The van der Waals surface area contributed by atoms with Crippen LogP contribution in [0, 0.1) is 65.1 Å². The molecule has 39 nitrogen and oxygen atoms in total. The predicted octanol–water partition coefficient (Wildman–Crippen LogP) is 1.27. The summed E-state index contributed by atoms with van der Waals surface area (Å²) in [7, 11) is 6.50. The van der Waals surface area contributed by atoms with Gasteiger partial charge in [-0.1, -0.05) is 60.5 Å². The van der Waals surface area contributed by atoms with E-state index in [1.807, 2.05) is 34.6 Å². The van der Waals surface area contributed by atoms with Crippen LogP contribution in [-0.2, 0) is 47.9 Å². The second-order valence-corrected chi connectivity index (χ2v) is 31.2. The number of aliphatic carboxylic acids is 2. The molecule has 0 saturated heterocycles. The third kappa shape index (κ3) is 64.5. The van der Waals surface area contributed by atoms with Crippen molar-refractivity contribution in [3.05, 3.63) is 11.5 Å². The number of carbonyl (C=O) groups excluding carboxylic acids is 12. The first-order valence-electron chi connectivity index (χ1n) is 41.8. The molecule has 0 aromatic rings. The summed E-state index contributed by atoms with van der Waals surface area (Å²) < 4.78 is 5.18. The number of aldehydes is 1. The van der Waals surface area contributed by atoms with Gasteiger partial charge in [-0.05, 0) is 200 Å². The molecule has 688 valence electrons. The Balaban J connectivity index is -0.000000270. The monoisotopic (exact) mass is 1780 g/mol. The molecule has 12 amide bonds. The number of nitrogens with two attached hydrogens (primary N) is 4. The standard InChI is InChI=1S/C18H33N5O3.C18H32N5O3.C18H32N4O5.C14H27N5O2.C8H14NO2.C3H7NO2.CH5N.2K.2H/c2*1-4-13(9-16(24)12(2)19)11-22-23-18(26)21-10-14-5-7-15(8-6-14)17(25)20-3;1-5-14(21-17(26)27-18(2,3)4)11-20-22-16(25)19-10-12-6-8-13(9-7-12)15(23)24;1-3-12(15)9-18-19-14(21)17-8-10-4-6-11(7-5-10)13(20)16-2;1-3-7(5-10)4-8(11)6(2)9;1-2(4)3(5)6;1-2;;;;/h11-15H,4-10,19H2,1-3H3,(H,20,25)(H2,21,23,26);11-15,19H,4-10H2,1-3H3,(H,20,25)(H2,21,23,26);11-14H,5-10H2,1-4H3,(H,21,26)(H,23,24)(H2,19,22,25);9-12H,3-8,15H2,1-2H3,(H,16,20)(H2,17,19,21);5-7,9H,3-4H2,1-2H3;2H,4H2,1H3,(H,5,6);2H2,1H3;;;;/q;-1;;;-1;;;2*+1;2*-1/b2*22-11+;20-11+;18-9+;;;;;;;/t2*12?,13-,14?,15?;12?,13?,14-;10?,11?,12-;6?,7-;;;;;;/m11001....../s1/i;;;;;;;;;2*1+2. The summed E-state index contributed by atoms with van der Waals surface area (Å²) in [4.78, 5) is 158. The number of carbonyl (C=O) groups is 14. The van der Waals surface area contributed by atoms with E-state index in [1.54, 1.807) is 68.2 Å². The number of urea groups is 4. The van der Waals surface area contributed by atoms with E-state index >= 15 is 0 Å². The normalized spacial score (nSPS) is 20.6. The van der Waals surface area contributed by atoms with E-state index in [0.29, 0.717) is 76.0 Å². The number of amides is 12. The van der Waals surface area contributed by atoms with Gasteiger partial charge in [-0.2, -0.15) is 20.4 Å². The fourth-order valence-corrected chi connectivity index (χ4v) is 12.0. The van der Waals surface area contributed by atoms with Crippen LogP contribution in [-0.4, -0.2) is 215 Å². The number of hydrogen-bond donors (Lipinski definition) is 18. The minimum Gasteiger partial charge on any atom is -1.00 e. The van der Waals surface area contributed by atoms with Crippen LogP contribution in [0.2, 0.25) is 0 Å². The molecule has 4 fully saturated rings. The third-order valence-electron chi connectivity index (χ3n) is 20.2. The Morgan fingerprint density at radius 1 is 0.438 bits per heavy atom. The molecule has 0 radical (unpaired) electrons. The predicted molar refractivity (Wildman–Crippen MR) is 465 cm³/mol. The van der Waals surface area contributed by atoms with E-state index in [4.69, 9.17) is 43.6 Å². The summed E-state index contributed by atoms with van der Waals surface area (Å²) in [6.45, 7) is 23.3. The Bertz CT molecular complexity index is 3010. The van der Waals surface area contributed by atoms with Crippen molar-refractivity contribution in [2.75, 3.05) is 54.4 Å². The van der Waals surface area contributed by atoms with Gasteiger partial charge >= 0.3 is 145 Å². The molecule has 4 unspecified atom stereocenters. The van der Waals surface area contributed by atoms with Gasteiger partial charge in [-0.15, -0.1) is 0 Å². The molecule has 4 aliphatic carbocycles. The maximum Gasteiger partial charge on any atom is 1.00 e. The first-order valence-corrected chi connectivity index (χ1v) is 41.8. The van der Waals surface area contributed by atoms with Gasteiger partial charge in [0, 0.05) is 133 Å². The smallest absolute Gasteiger partial charge is 1.00 e. The molecule has 0 aliphatic heterocycles. The molecule has 4 saturated carbocycles. The maximum atomic E-state index is 11.8. The molecular weight excluding hydrogens is 1620 g/mol. The van der Waals surface area contributed by atoms with E-state index in [0.717, 1.165) is 115 Å². The van der Waals surface area contributed by atoms with E-state index < -0.39 is 53.8 Å². The van der Waals surface area contributed by atoms with Crippen LogP contribution in [0.5, 0.6) is 0 Å². The van der Waals surface area contributed by atoms with Crippen molar-refractivity contribution in [3.63, 3.8) is 0 Å². The van der Waals surface area contributed by atoms with E-state index in [1.165, 1.54) is 33.3 Å². The van der Waals surface area contributed by atoms with Gasteiger partial charge in [0.1, 0.15) is 35.3 Å². The first kappa shape index (κ1) is 124. The molecule has 4 rings (SSSR count). The summed E-state index contributed by atoms with van der Waals surface area (Å²) >= 11 is 0. The number of carboxylic acid groups (broad SMARTS) is 2. The van der Waals surface area contributed by atoms with Gasteiger partial charge in [0.05, 0.1) is 18.0 Å². The van der Waals surface area contributed by atoms with Gasteiger partial charge in [0.2, 0.25) is 17.7 Å². The average Bonchev–Trinajstić information content (AvgIpc) is 0.895. The zero-order valence-electron chi connectivity index (χ0n) is 77.6. The van der Waals surface area contributed by atoms with Crippen molar-refractivity contribution in [1.82, 2.24) is 64.2 Å². The van der Waals surface area contributed by atoms with Crippen LogP contribution in [0.1, 0.15) is 240 Å². The summed E-state index contributed by atoms with van der Waals surface area (Å²) in [6, 6.07) is -4.60. The largest absolute Gasteiger partial charge is 1.00 e. The summed E-state index contributed by atoms with van der Waals surface area (Å²) in [6.07, 6.45) is 24.4. The number of carboxylic acids is 2. The van der Waals surface area contributed by atoms with Crippen molar-refractivity contribution in [3.8, 4) is 0 Å². The minimum atomic E-state index is -0.963. The third-order valence-corrected chi connectivity index (χ3v) is 20.2. The van der Waals surface area contributed by atoms with Crippen LogP contribution in [0.3, 0.4) is 0 Å². The number of nitrogens with zero attached hydrogens (tertiary/aromatic N) is 4. The fraction of sp³-hybridized carbons (Fsp3) is 0.775. The molecule has 0 bridgehead atoms. The number of nitrogens with one attached hydrogen (secondary N) is 14. The van der Waals surface area contributed by atoms with Gasteiger partial charge < -0.3 is 109 Å². The molecule has 0 spiro atoms. The van der Waals surface area contributed by atoms with Gasteiger partial charge in [0.15, 0.2) is 0 Å². The number of Topliss-reactive ketones (excluding diaryl/α,β-unsaturated/α-hetero) is 3. The van der Waals surface area contributed by atoms with Crippen LogP contribution >= 0.6 is 0 Å². The minimum absolute atomic E-state index is 0. The summed E-state index contributed by atoms with van der Waals surface area (Å²) in [5.41, 5.74) is 44.1. The molecule has 0 aromatic heterocycles. The Morgan fingerprint density at radius 3 is 0.959 bits per heavy atom. The fourth-order valence-electron chi connectivity index (χ4n) is 12.0. The maximum absolute atomic E-state index is 11.8. The topological polar surface area (TPSA) is 634 Å². The van der Waals surface area contributed by atoms with Crippen LogP contribution < -0.4 is 190 Å². The molecule has 41 heteroatoms. The zero-order valence-corrected chi connectivity index (χ0v) is 81.9. The Kier molecular flexibility index (Phi) is 76.0. The van der Waals surface area contributed by atoms with Crippen LogP contribution in [0.25, 0.3) is 11.5 Å². The molecule has 9 atom stereocenters. The van der Waals surface area contributed by atoms with Crippen molar-refractivity contribution in [2.24, 2.45) is 108 Å². The van der Waals surface area contributed by atoms with Crippen molar-refractivity contribution in [2.45, 2.75) is 279 Å². The van der Waals surface area contributed by atoms with Crippen molar-refractivity contribution in [1.29, 1.82) is 0 Å². The molecular formula is C80H152K2N22O17-2. The molecule has 121 heavy (non-hydrogen) atoms. The number of ketones is 3. The Labute approximate surface area is 805 Å². The molecule has 0 heterocycles. The van der Waals surface area contributed by atoms with E-state index in [2.05, 4.69) is 90.4 Å². The number of ether oxygens (including phenoxy) is 1. The van der Waals surface area contributed by atoms with E-state index in [9.17, 15) is 67.1 Å². The van der Waals surface area contributed by atoms with Gasteiger partial charge in [-0.3, -0.25) is 28.8 Å². The van der Waals surface area contributed by atoms with Crippen molar-refractivity contribution < 1.29 is 188 Å². The molecule has 24 N–H and O–H groups in total. The second-order valence-electron chi connectivity index (χ2n) is 31.2. The average molecular weight is 1780 g/mol. The number of hydrazone groups is 4. The van der Waals surface area contributed by atoms with Crippen LogP contribution in [0.15, 0.2) is 20.4 Å². The quantitative estimate of drug-likeness (QED) is 0.0180. The van der Waals surface area contributed by atoms with E-state index in [-0.39, 0.29) is 231 Å². The summed E-state index contributed by atoms with van der Waals surface area (Å²) in [5, 5.41) is 54.2. The summed E-state index contributed by atoms with van der Waals surface area (Å²) in [5.74, 6) is -0.408.